The first-order valence-corrected chi connectivity index (χ1v) is 6.15. The van der Waals surface area contributed by atoms with Crippen molar-refractivity contribution < 1.29 is 9.90 Å². The molecule has 19 heavy (non-hydrogen) atoms. The van der Waals surface area contributed by atoms with E-state index in [9.17, 15) is 4.79 Å². The van der Waals surface area contributed by atoms with Gasteiger partial charge in [-0.1, -0.05) is 11.6 Å². The first kappa shape index (κ1) is 13.5. The Morgan fingerprint density at radius 2 is 1.95 bits per heavy atom. The van der Waals surface area contributed by atoms with Gasteiger partial charge in [0, 0.05) is 10.6 Å². The van der Waals surface area contributed by atoms with Gasteiger partial charge in [-0.2, -0.15) is 0 Å². The van der Waals surface area contributed by atoms with Crippen LogP contribution >= 0.6 is 11.6 Å². The van der Waals surface area contributed by atoms with Crippen LogP contribution in [0.1, 0.15) is 19.9 Å². The Kier molecular flexibility index (Phi) is 3.80. The van der Waals surface area contributed by atoms with Crippen LogP contribution in [0.5, 0.6) is 0 Å². The minimum absolute atomic E-state index is 0.349. The molecule has 0 spiro atoms. The van der Waals surface area contributed by atoms with Gasteiger partial charge < -0.3 is 5.11 Å². The van der Waals surface area contributed by atoms with Crippen LogP contribution in [0.25, 0.3) is 11.4 Å². The van der Waals surface area contributed by atoms with Gasteiger partial charge in [-0.25, -0.2) is 4.68 Å². The Hall–Kier alpha value is -1.95. The molecule has 7 heteroatoms. The zero-order valence-corrected chi connectivity index (χ0v) is 11.2. The van der Waals surface area contributed by atoms with Gasteiger partial charge in [0.15, 0.2) is 5.82 Å². The van der Waals surface area contributed by atoms with Crippen molar-refractivity contribution >= 4 is 17.6 Å². The Labute approximate surface area is 115 Å². The van der Waals surface area contributed by atoms with E-state index < -0.39 is 11.9 Å². The zero-order chi connectivity index (χ0) is 14.0. The molecule has 0 saturated carbocycles. The van der Waals surface area contributed by atoms with Crippen LogP contribution in [0, 0.1) is 5.92 Å². The molecule has 1 heterocycles. The highest BCUT2D eigenvalue weighted by molar-refractivity contribution is 6.30. The number of nitrogens with zero attached hydrogens (tertiary/aromatic N) is 4. The summed E-state index contributed by atoms with van der Waals surface area (Å²) in [5, 5.41) is 21.1. The van der Waals surface area contributed by atoms with Crippen LogP contribution in [0.4, 0.5) is 0 Å². The van der Waals surface area contributed by atoms with Crippen LogP contribution in [0.2, 0.25) is 5.02 Å². The van der Waals surface area contributed by atoms with Gasteiger partial charge in [0.25, 0.3) is 0 Å². The number of tetrazole rings is 1. The molecule has 0 fully saturated rings. The van der Waals surface area contributed by atoms with E-state index in [-0.39, 0.29) is 6.04 Å². The fraction of sp³-hybridized carbons (Fsp3) is 0.333. The highest BCUT2D eigenvalue weighted by Crippen LogP contribution is 2.24. The van der Waals surface area contributed by atoms with E-state index in [4.69, 9.17) is 16.7 Å². The van der Waals surface area contributed by atoms with Gasteiger partial charge in [0.1, 0.15) is 0 Å². The molecule has 2 unspecified atom stereocenters. The summed E-state index contributed by atoms with van der Waals surface area (Å²) in [5.74, 6) is -0.947. The molecular weight excluding hydrogens is 268 g/mol. The van der Waals surface area contributed by atoms with Gasteiger partial charge in [-0.05, 0) is 48.5 Å². The number of hydrogen-bond acceptors (Lipinski definition) is 4. The summed E-state index contributed by atoms with van der Waals surface area (Å²) in [4.78, 5) is 11.0. The molecule has 0 aliphatic heterocycles. The minimum atomic E-state index is -0.884. The highest BCUT2D eigenvalue weighted by Gasteiger charge is 2.24. The Morgan fingerprint density at radius 1 is 1.32 bits per heavy atom. The van der Waals surface area contributed by atoms with E-state index in [1.807, 2.05) is 0 Å². The van der Waals surface area contributed by atoms with E-state index in [0.717, 1.165) is 5.56 Å². The van der Waals surface area contributed by atoms with E-state index in [1.165, 1.54) is 4.68 Å². The largest absolute Gasteiger partial charge is 0.481 e. The number of aliphatic carboxylic acids is 1. The number of halogens is 1. The first-order chi connectivity index (χ1) is 9.00. The van der Waals surface area contributed by atoms with Gasteiger partial charge in [-0.15, -0.1) is 5.10 Å². The molecular formula is C12H13ClN4O2. The Bertz CT molecular complexity index is 582. The van der Waals surface area contributed by atoms with Crippen molar-refractivity contribution in [2.24, 2.45) is 5.92 Å². The first-order valence-electron chi connectivity index (χ1n) is 5.77. The fourth-order valence-electron chi connectivity index (χ4n) is 1.68. The summed E-state index contributed by atoms with van der Waals surface area (Å²) in [5.41, 5.74) is 0.791. The lowest BCUT2D eigenvalue weighted by molar-refractivity contribution is -0.142. The molecule has 0 radical (unpaired) electrons. The second-order valence-corrected chi connectivity index (χ2v) is 4.76. The molecule has 1 N–H and O–H groups in total. The molecule has 0 aliphatic rings. The van der Waals surface area contributed by atoms with E-state index in [1.54, 1.807) is 38.1 Å². The molecule has 1 aromatic heterocycles. The predicted octanol–water partition coefficient (Wildman–Crippen LogP) is 2.28. The van der Waals surface area contributed by atoms with E-state index in [0.29, 0.717) is 10.8 Å². The van der Waals surface area contributed by atoms with Crippen LogP contribution in [-0.2, 0) is 4.79 Å². The smallest absolute Gasteiger partial charge is 0.308 e. The zero-order valence-electron chi connectivity index (χ0n) is 10.5. The number of carbonyl (C=O) groups is 1. The van der Waals surface area contributed by atoms with Gasteiger partial charge >= 0.3 is 5.97 Å². The molecule has 0 aliphatic carbocycles. The van der Waals surface area contributed by atoms with Crippen molar-refractivity contribution in [2.75, 3.05) is 0 Å². The molecule has 0 saturated heterocycles. The average molecular weight is 281 g/mol. The van der Waals surface area contributed by atoms with Crippen molar-refractivity contribution in [3.63, 3.8) is 0 Å². The SMILES string of the molecule is CC(C(=O)O)C(C)n1nnnc1-c1ccc(Cl)cc1. The van der Waals surface area contributed by atoms with Crippen molar-refractivity contribution in [3.8, 4) is 11.4 Å². The Morgan fingerprint density at radius 3 is 2.53 bits per heavy atom. The third-order valence-corrected chi connectivity index (χ3v) is 3.35. The topological polar surface area (TPSA) is 80.9 Å². The number of rotatable bonds is 4. The lowest BCUT2D eigenvalue weighted by Gasteiger charge is -2.17. The van der Waals surface area contributed by atoms with Crippen LogP contribution in [-0.4, -0.2) is 31.3 Å². The normalized spacial score (nSPS) is 14.1. The second-order valence-electron chi connectivity index (χ2n) is 4.32. The lowest BCUT2D eigenvalue weighted by atomic mass is 10.0. The summed E-state index contributed by atoms with van der Waals surface area (Å²) in [7, 11) is 0. The highest BCUT2D eigenvalue weighted by atomic mass is 35.5. The third kappa shape index (κ3) is 2.73. The van der Waals surface area contributed by atoms with Crippen LogP contribution in [0.3, 0.4) is 0 Å². The molecule has 6 nitrogen and oxygen atoms in total. The number of aromatic nitrogens is 4. The van der Waals surface area contributed by atoms with Gasteiger partial charge in [-0.3, -0.25) is 4.79 Å². The maximum absolute atomic E-state index is 11.0. The quantitative estimate of drug-likeness (QED) is 0.929. The summed E-state index contributed by atoms with van der Waals surface area (Å²) < 4.78 is 1.52. The third-order valence-electron chi connectivity index (χ3n) is 3.09. The standard InChI is InChI=1S/C12H13ClN4O2/c1-7(12(18)19)8(2)17-11(14-15-16-17)9-3-5-10(13)6-4-9/h3-8H,1-2H3,(H,18,19). The van der Waals surface area contributed by atoms with Gasteiger partial charge in [0.2, 0.25) is 0 Å². The molecule has 2 rings (SSSR count). The monoisotopic (exact) mass is 280 g/mol. The summed E-state index contributed by atoms with van der Waals surface area (Å²) >= 11 is 5.83. The van der Waals surface area contributed by atoms with Crippen molar-refractivity contribution in [1.29, 1.82) is 0 Å². The van der Waals surface area contributed by atoms with E-state index >= 15 is 0 Å². The second kappa shape index (κ2) is 5.36. The number of hydrogen-bond donors (Lipinski definition) is 1. The summed E-state index contributed by atoms with van der Waals surface area (Å²) in [6, 6.07) is 6.71. The van der Waals surface area contributed by atoms with Gasteiger partial charge in [0.05, 0.1) is 12.0 Å². The molecule has 0 amide bonds. The number of carboxylic acid groups (broad SMARTS) is 1. The maximum atomic E-state index is 11.0. The molecule has 2 atom stereocenters. The average Bonchev–Trinajstić information content (AvgIpc) is 2.87. The molecule has 1 aromatic carbocycles. The molecule has 0 bridgehead atoms. The van der Waals surface area contributed by atoms with E-state index in [2.05, 4.69) is 15.5 Å². The van der Waals surface area contributed by atoms with Crippen molar-refractivity contribution in [1.82, 2.24) is 20.2 Å². The van der Waals surface area contributed by atoms with Crippen LogP contribution < -0.4 is 0 Å². The minimum Gasteiger partial charge on any atom is -0.481 e. The number of carboxylic acids is 1. The van der Waals surface area contributed by atoms with Crippen molar-refractivity contribution in [3.05, 3.63) is 29.3 Å². The maximum Gasteiger partial charge on any atom is 0.308 e. The fourth-order valence-corrected chi connectivity index (χ4v) is 1.80. The van der Waals surface area contributed by atoms with Crippen LogP contribution in [0.15, 0.2) is 24.3 Å². The predicted molar refractivity (Wildman–Crippen MR) is 69.8 cm³/mol. The summed E-state index contributed by atoms with van der Waals surface area (Å²) in [6.07, 6.45) is 0. The molecule has 100 valence electrons. The van der Waals surface area contributed by atoms with Crippen molar-refractivity contribution in [2.45, 2.75) is 19.9 Å². The molecule has 2 aromatic rings. The summed E-state index contributed by atoms with van der Waals surface area (Å²) in [6.45, 7) is 3.40. The Balaban J connectivity index is 2.37. The number of benzene rings is 1. The lowest BCUT2D eigenvalue weighted by Crippen LogP contribution is -2.23.